The Morgan fingerprint density at radius 1 is 1.16 bits per heavy atom. The molecule has 4 aromatic rings. The van der Waals surface area contributed by atoms with Crippen molar-refractivity contribution >= 4 is 32.8 Å². The molecule has 0 bridgehead atoms. The third-order valence-corrected chi connectivity index (χ3v) is 5.32. The number of hydrogen-bond acceptors (Lipinski definition) is 5. The molecular weight excluding hydrogens is 369 g/mol. The Bertz CT molecular complexity index is 1000. The molecule has 128 valence electrons. The second kappa shape index (κ2) is 6.16. The molecule has 0 aliphatic heterocycles. The summed E-state index contributed by atoms with van der Waals surface area (Å²) in [6.45, 7) is 0.646. The predicted molar refractivity (Wildman–Crippen MR) is 92.9 cm³/mol. The Morgan fingerprint density at radius 3 is 2.80 bits per heavy atom. The van der Waals surface area contributed by atoms with Crippen LogP contribution in [0.5, 0.6) is 0 Å². The first-order chi connectivity index (χ1) is 12.0. The van der Waals surface area contributed by atoms with Gasteiger partial charge in [0.15, 0.2) is 0 Å². The van der Waals surface area contributed by atoms with Crippen LogP contribution in [0.25, 0.3) is 16.2 Å². The minimum absolute atomic E-state index is 0.428. The molecule has 9 heteroatoms. The lowest BCUT2D eigenvalue weighted by atomic mass is 10.1. The molecule has 1 aromatic carbocycles. The third-order valence-electron chi connectivity index (χ3n) is 3.57. The van der Waals surface area contributed by atoms with E-state index in [9.17, 15) is 13.2 Å². The van der Waals surface area contributed by atoms with Crippen LogP contribution in [0.15, 0.2) is 48.0 Å². The number of nitrogens with zero attached hydrogens (tertiary/aromatic N) is 3. The molecule has 0 saturated carbocycles. The highest BCUT2D eigenvalue weighted by Crippen LogP contribution is 2.33. The smallest absolute Gasteiger partial charge is 0.355 e. The summed E-state index contributed by atoms with van der Waals surface area (Å²) in [7, 11) is 0. The Balaban J connectivity index is 1.64. The molecule has 3 aromatic heterocycles. The van der Waals surface area contributed by atoms with E-state index in [4.69, 9.17) is 0 Å². The van der Waals surface area contributed by atoms with Gasteiger partial charge in [-0.05, 0) is 23.6 Å². The summed E-state index contributed by atoms with van der Waals surface area (Å²) in [4.78, 5) is 6.05. The second-order valence-corrected chi connectivity index (χ2v) is 7.24. The molecule has 1 N–H and O–H groups in total. The van der Waals surface area contributed by atoms with E-state index in [1.54, 1.807) is 21.9 Å². The molecule has 0 fully saturated rings. The van der Waals surface area contributed by atoms with E-state index in [0.717, 1.165) is 12.1 Å². The first kappa shape index (κ1) is 16.1. The van der Waals surface area contributed by atoms with Crippen LogP contribution in [-0.4, -0.2) is 14.6 Å². The van der Waals surface area contributed by atoms with E-state index in [0.29, 0.717) is 27.9 Å². The van der Waals surface area contributed by atoms with Crippen LogP contribution in [0, 0.1) is 0 Å². The molecule has 0 aliphatic carbocycles. The molecule has 0 radical (unpaired) electrons. The van der Waals surface area contributed by atoms with Crippen molar-refractivity contribution in [3.63, 3.8) is 0 Å². The van der Waals surface area contributed by atoms with Crippen LogP contribution < -0.4 is 5.32 Å². The fourth-order valence-corrected chi connectivity index (χ4v) is 3.81. The first-order valence-corrected chi connectivity index (χ1v) is 8.99. The average molecular weight is 380 g/mol. The zero-order valence-electron chi connectivity index (χ0n) is 12.6. The first-order valence-electron chi connectivity index (χ1n) is 7.29. The number of rotatable bonds is 4. The van der Waals surface area contributed by atoms with E-state index in [-0.39, 0.29) is 0 Å². The number of nitrogens with one attached hydrogen (secondary N) is 1. The van der Waals surface area contributed by atoms with Crippen molar-refractivity contribution in [3.8, 4) is 11.3 Å². The topological polar surface area (TPSA) is 42.2 Å². The van der Waals surface area contributed by atoms with Crippen molar-refractivity contribution < 1.29 is 13.2 Å². The summed E-state index contributed by atoms with van der Waals surface area (Å²) in [5.74, 6) is 0. The number of imidazole rings is 1. The number of anilines is 1. The summed E-state index contributed by atoms with van der Waals surface area (Å²) < 4.78 is 40.3. The summed E-state index contributed by atoms with van der Waals surface area (Å²) in [6.07, 6.45) is -2.84. The fraction of sp³-hybridized carbons (Fsp3) is 0.125. The highest BCUT2D eigenvalue weighted by Gasteiger charge is 2.30. The molecule has 4 nitrogen and oxygen atoms in total. The minimum Gasteiger partial charge on any atom is -0.355 e. The summed E-state index contributed by atoms with van der Waals surface area (Å²) >= 11 is 3.00. The van der Waals surface area contributed by atoms with Crippen LogP contribution in [0.1, 0.15) is 10.4 Å². The lowest BCUT2D eigenvalue weighted by Gasteiger charge is -2.07. The van der Waals surface area contributed by atoms with Crippen LogP contribution in [0.2, 0.25) is 0 Å². The Morgan fingerprint density at radius 2 is 2.04 bits per heavy atom. The van der Waals surface area contributed by atoms with Gasteiger partial charge in [-0.1, -0.05) is 29.5 Å². The zero-order valence-corrected chi connectivity index (χ0v) is 14.3. The molecule has 0 saturated heterocycles. The standard InChI is InChI=1S/C16H11F3N4S2/c17-16(18,19)11-4-1-3-10(7-11)13-9-21-15-23(13)22-14(25-15)20-8-12-5-2-6-24-12/h1-7,9H,8H2,(H,20,22). The molecule has 0 atom stereocenters. The number of alkyl halides is 3. The number of halogens is 3. The highest BCUT2D eigenvalue weighted by molar-refractivity contribution is 7.20. The van der Waals surface area contributed by atoms with Gasteiger partial charge in [-0.15, -0.1) is 16.4 Å². The molecule has 3 heterocycles. The molecule has 4 rings (SSSR count). The van der Waals surface area contributed by atoms with Gasteiger partial charge in [0, 0.05) is 10.4 Å². The lowest BCUT2D eigenvalue weighted by molar-refractivity contribution is -0.137. The van der Waals surface area contributed by atoms with E-state index < -0.39 is 11.7 Å². The molecule has 0 amide bonds. The average Bonchev–Trinajstić information content (AvgIpc) is 3.29. The molecule has 0 aliphatic rings. The van der Waals surface area contributed by atoms with Crippen LogP contribution in [0.4, 0.5) is 18.3 Å². The molecule has 25 heavy (non-hydrogen) atoms. The number of hydrogen-bond donors (Lipinski definition) is 1. The van der Waals surface area contributed by atoms with E-state index >= 15 is 0 Å². The SMILES string of the molecule is FC(F)(F)c1cccc(-c2cnc3sc(NCc4cccs4)nn23)c1. The maximum absolute atomic E-state index is 12.9. The van der Waals surface area contributed by atoms with Gasteiger partial charge < -0.3 is 5.32 Å². The Labute approximate surface area is 148 Å². The number of aromatic nitrogens is 3. The van der Waals surface area contributed by atoms with Gasteiger partial charge in [0.25, 0.3) is 0 Å². The van der Waals surface area contributed by atoms with E-state index in [2.05, 4.69) is 15.4 Å². The monoisotopic (exact) mass is 380 g/mol. The van der Waals surface area contributed by atoms with Gasteiger partial charge in [-0.25, -0.2) is 9.50 Å². The van der Waals surface area contributed by atoms with Crippen molar-refractivity contribution in [2.75, 3.05) is 5.32 Å². The van der Waals surface area contributed by atoms with E-state index in [1.807, 2.05) is 17.5 Å². The third kappa shape index (κ3) is 3.24. The normalized spacial score (nSPS) is 12.0. The minimum atomic E-state index is -4.38. The predicted octanol–water partition coefficient (Wildman–Crippen LogP) is 5.15. The maximum atomic E-state index is 12.9. The van der Waals surface area contributed by atoms with Crippen molar-refractivity contribution in [2.24, 2.45) is 0 Å². The lowest BCUT2D eigenvalue weighted by Crippen LogP contribution is -2.04. The Hall–Kier alpha value is -2.39. The van der Waals surface area contributed by atoms with Crippen molar-refractivity contribution in [2.45, 2.75) is 12.7 Å². The summed E-state index contributed by atoms with van der Waals surface area (Å²) in [6, 6.07) is 9.17. The van der Waals surface area contributed by atoms with Gasteiger partial charge in [-0.3, -0.25) is 0 Å². The number of fused-ring (bicyclic) bond motifs is 1. The number of benzene rings is 1. The largest absolute Gasteiger partial charge is 0.416 e. The van der Waals surface area contributed by atoms with Gasteiger partial charge in [0.2, 0.25) is 10.1 Å². The molecule has 0 spiro atoms. The quantitative estimate of drug-likeness (QED) is 0.532. The van der Waals surface area contributed by atoms with Crippen molar-refractivity contribution in [1.29, 1.82) is 0 Å². The highest BCUT2D eigenvalue weighted by atomic mass is 32.1. The van der Waals surface area contributed by atoms with Gasteiger partial charge in [0.1, 0.15) is 0 Å². The van der Waals surface area contributed by atoms with Crippen LogP contribution in [-0.2, 0) is 12.7 Å². The summed E-state index contributed by atoms with van der Waals surface area (Å²) in [5.41, 5.74) is 0.269. The second-order valence-electron chi connectivity index (χ2n) is 5.26. The van der Waals surface area contributed by atoms with E-state index in [1.165, 1.54) is 28.5 Å². The summed E-state index contributed by atoms with van der Waals surface area (Å²) in [5, 5.41) is 10.3. The molecular formula is C16H11F3N4S2. The van der Waals surface area contributed by atoms with Crippen LogP contribution in [0.3, 0.4) is 0 Å². The van der Waals surface area contributed by atoms with Gasteiger partial charge in [-0.2, -0.15) is 13.2 Å². The molecule has 0 unspecified atom stereocenters. The Kier molecular flexibility index (Phi) is 3.97. The van der Waals surface area contributed by atoms with Crippen molar-refractivity contribution in [3.05, 3.63) is 58.4 Å². The van der Waals surface area contributed by atoms with Crippen molar-refractivity contribution in [1.82, 2.24) is 14.6 Å². The number of thiophene rings is 1. The van der Waals surface area contributed by atoms with Crippen LogP contribution >= 0.6 is 22.7 Å². The van der Waals surface area contributed by atoms with Gasteiger partial charge >= 0.3 is 6.18 Å². The maximum Gasteiger partial charge on any atom is 0.416 e. The zero-order chi connectivity index (χ0) is 17.4. The van der Waals surface area contributed by atoms with Gasteiger partial charge in [0.05, 0.1) is 24.0 Å². The fourth-order valence-electron chi connectivity index (χ4n) is 2.39.